The van der Waals surface area contributed by atoms with E-state index >= 15 is 0 Å². The van der Waals surface area contributed by atoms with Crippen LogP contribution in [0.5, 0.6) is 0 Å². The van der Waals surface area contributed by atoms with E-state index in [1.807, 2.05) is 6.07 Å². The number of carbonyl (C=O) groups excluding carboxylic acids is 2. The van der Waals surface area contributed by atoms with E-state index in [1.54, 1.807) is 24.3 Å². The quantitative estimate of drug-likeness (QED) is 0.246. The van der Waals surface area contributed by atoms with E-state index in [1.165, 1.54) is 7.05 Å². The van der Waals surface area contributed by atoms with Gasteiger partial charge in [0.15, 0.2) is 5.96 Å². The van der Waals surface area contributed by atoms with Gasteiger partial charge < -0.3 is 15.0 Å². The minimum absolute atomic E-state index is 0.0219. The third-order valence-electron chi connectivity index (χ3n) is 2.37. The smallest absolute Gasteiger partial charge is 0.438 e. The Morgan fingerprint density at radius 1 is 1.30 bits per heavy atom. The van der Waals surface area contributed by atoms with E-state index < -0.39 is 26.5 Å². The topological polar surface area (TPSA) is 129 Å². The minimum Gasteiger partial charge on any atom is -0.438 e. The highest BCUT2D eigenvalue weighted by molar-refractivity contribution is 7.53. The summed E-state index contributed by atoms with van der Waals surface area (Å²) in [5, 5.41) is 2.12. The zero-order valence-corrected chi connectivity index (χ0v) is 13.6. The average Bonchev–Trinajstić information content (AvgIpc) is 2.47. The molecule has 1 atom stereocenters. The van der Waals surface area contributed by atoms with Crippen molar-refractivity contribution in [2.24, 2.45) is 10.7 Å². The molecule has 0 aliphatic carbocycles. The lowest BCUT2D eigenvalue weighted by Gasteiger charge is -2.17. The van der Waals surface area contributed by atoms with Crippen molar-refractivity contribution in [1.82, 2.24) is 5.09 Å². The SMILES string of the molecule is CN=C(N)NP(=O)(OCOC(=O)Cc1ccccc1)OC(C)=O. The maximum absolute atomic E-state index is 12.2. The summed E-state index contributed by atoms with van der Waals surface area (Å²) < 4.78 is 26.4. The minimum atomic E-state index is -4.12. The lowest BCUT2D eigenvalue weighted by Crippen LogP contribution is -2.31. The first-order valence-electron chi connectivity index (χ1n) is 6.49. The average molecular weight is 343 g/mol. The second kappa shape index (κ2) is 8.92. The van der Waals surface area contributed by atoms with Crippen molar-refractivity contribution in [1.29, 1.82) is 0 Å². The van der Waals surface area contributed by atoms with Gasteiger partial charge in [-0.25, -0.2) is 9.09 Å². The van der Waals surface area contributed by atoms with Gasteiger partial charge in [0.2, 0.25) is 6.79 Å². The number of hydrogen-bond donors (Lipinski definition) is 2. The van der Waals surface area contributed by atoms with Gasteiger partial charge in [0.05, 0.1) is 6.42 Å². The molecule has 0 aliphatic heterocycles. The Morgan fingerprint density at radius 3 is 2.52 bits per heavy atom. The van der Waals surface area contributed by atoms with Gasteiger partial charge in [-0.2, -0.15) is 0 Å². The normalized spacial score (nSPS) is 13.7. The predicted octanol–water partition coefficient (Wildman–Crippen LogP) is 0.952. The highest BCUT2D eigenvalue weighted by Crippen LogP contribution is 2.43. The van der Waals surface area contributed by atoms with Gasteiger partial charge in [-0.15, -0.1) is 0 Å². The molecular formula is C13H18N3O6P. The molecule has 10 heteroatoms. The summed E-state index contributed by atoms with van der Waals surface area (Å²) in [7, 11) is -2.79. The van der Waals surface area contributed by atoms with Crippen LogP contribution in [0, 0.1) is 0 Å². The highest BCUT2D eigenvalue weighted by atomic mass is 31.2. The fourth-order valence-corrected chi connectivity index (χ4v) is 2.49. The Kier molecular flexibility index (Phi) is 7.24. The third kappa shape index (κ3) is 7.44. The molecule has 0 amide bonds. The lowest BCUT2D eigenvalue weighted by atomic mass is 10.2. The molecule has 0 fully saturated rings. The van der Waals surface area contributed by atoms with Crippen molar-refractivity contribution < 1.29 is 27.9 Å². The van der Waals surface area contributed by atoms with Crippen molar-refractivity contribution in [3.63, 3.8) is 0 Å². The standard InChI is InChI=1S/C13H18N3O6P/c1-10(17)22-23(19,16-13(14)15-2)21-9-20-12(18)8-11-6-4-3-5-7-11/h3-7H,8-9H2,1-2H3,(H3,14,15,16,19). The van der Waals surface area contributed by atoms with Crippen LogP contribution in [0.2, 0.25) is 0 Å². The summed E-state index contributed by atoms with van der Waals surface area (Å²) in [6.07, 6.45) is 0.0219. The molecule has 126 valence electrons. The zero-order chi connectivity index (χ0) is 17.3. The number of benzene rings is 1. The van der Waals surface area contributed by atoms with Crippen LogP contribution in [0.4, 0.5) is 0 Å². The Balaban J connectivity index is 2.53. The third-order valence-corrected chi connectivity index (χ3v) is 3.82. The van der Waals surface area contributed by atoms with E-state index in [-0.39, 0.29) is 12.4 Å². The molecular weight excluding hydrogens is 325 g/mol. The van der Waals surface area contributed by atoms with Gasteiger partial charge in [-0.05, 0) is 5.56 Å². The largest absolute Gasteiger partial charge is 0.493 e. The van der Waals surface area contributed by atoms with Crippen LogP contribution in [0.25, 0.3) is 0 Å². The number of rotatable bonds is 7. The van der Waals surface area contributed by atoms with Crippen LogP contribution >= 0.6 is 7.75 Å². The number of guanidine groups is 1. The molecule has 0 spiro atoms. The summed E-state index contributed by atoms with van der Waals surface area (Å²) in [5.41, 5.74) is 6.11. The van der Waals surface area contributed by atoms with Crippen molar-refractivity contribution in [2.45, 2.75) is 13.3 Å². The summed E-state index contributed by atoms with van der Waals surface area (Å²) in [6, 6.07) is 8.89. The Morgan fingerprint density at radius 2 is 1.96 bits per heavy atom. The summed E-state index contributed by atoms with van der Waals surface area (Å²) in [6.45, 7) is 0.360. The van der Waals surface area contributed by atoms with Gasteiger partial charge in [-0.1, -0.05) is 30.3 Å². The molecule has 1 aromatic rings. The van der Waals surface area contributed by atoms with E-state index in [0.29, 0.717) is 0 Å². The maximum Gasteiger partial charge on any atom is 0.493 e. The lowest BCUT2D eigenvalue weighted by molar-refractivity contribution is -0.149. The number of nitrogens with two attached hydrogens (primary N) is 1. The maximum atomic E-state index is 12.2. The van der Waals surface area contributed by atoms with Crippen molar-refractivity contribution >= 4 is 25.6 Å². The van der Waals surface area contributed by atoms with Gasteiger partial charge in [0, 0.05) is 14.0 Å². The molecule has 3 N–H and O–H groups in total. The number of aliphatic imine (C=N–C) groups is 1. The number of hydrogen-bond acceptors (Lipinski definition) is 7. The monoisotopic (exact) mass is 343 g/mol. The number of esters is 1. The van der Waals surface area contributed by atoms with E-state index in [9.17, 15) is 14.2 Å². The van der Waals surface area contributed by atoms with Gasteiger partial charge in [-0.3, -0.25) is 19.7 Å². The van der Waals surface area contributed by atoms with Gasteiger partial charge in [0.25, 0.3) is 0 Å². The van der Waals surface area contributed by atoms with E-state index in [2.05, 4.69) is 14.6 Å². The molecule has 23 heavy (non-hydrogen) atoms. The van der Waals surface area contributed by atoms with Crippen LogP contribution in [0.3, 0.4) is 0 Å². The molecule has 1 rings (SSSR count). The molecule has 0 heterocycles. The molecule has 0 aromatic heterocycles. The fraction of sp³-hybridized carbons (Fsp3) is 0.308. The zero-order valence-electron chi connectivity index (χ0n) is 12.7. The number of ether oxygens (including phenoxy) is 1. The Labute approximate surface area is 133 Å². The first-order valence-corrected chi connectivity index (χ1v) is 8.04. The predicted molar refractivity (Wildman–Crippen MR) is 82.2 cm³/mol. The molecule has 0 bridgehead atoms. The first kappa shape index (κ1) is 18.7. The molecule has 0 saturated heterocycles. The number of nitrogens with zero attached hydrogens (tertiary/aromatic N) is 1. The van der Waals surface area contributed by atoms with Gasteiger partial charge >= 0.3 is 19.7 Å². The molecule has 0 radical (unpaired) electrons. The summed E-state index contributed by atoms with van der Waals surface area (Å²) in [5.74, 6) is -1.71. The first-order chi connectivity index (χ1) is 10.8. The van der Waals surface area contributed by atoms with Crippen LogP contribution in [0.15, 0.2) is 35.3 Å². The van der Waals surface area contributed by atoms with E-state index in [4.69, 9.17) is 15.0 Å². The van der Waals surface area contributed by atoms with Crippen molar-refractivity contribution in [2.75, 3.05) is 13.8 Å². The Hall–Kier alpha value is -2.38. The molecule has 0 aliphatic rings. The Bertz CT molecular complexity index is 619. The fourth-order valence-electron chi connectivity index (χ4n) is 1.42. The molecule has 0 saturated carbocycles. The van der Waals surface area contributed by atoms with Crippen molar-refractivity contribution in [3.05, 3.63) is 35.9 Å². The second-order valence-electron chi connectivity index (χ2n) is 4.23. The van der Waals surface area contributed by atoms with Crippen LogP contribution < -0.4 is 10.8 Å². The van der Waals surface area contributed by atoms with Crippen molar-refractivity contribution in [3.8, 4) is 0 Å². The van der Waals surface area contributed by atoms with E-state index in [0.717, 1.165) is 12.5 Å². The van der Waals surface area contributed by atoms with Crippen LogP contribution in [0.1, 0.15) is 12.5 Å². The molecule has 1 aromatic carbocycles. The second-order valence-corrected chi connectivity index (χ2v) is 5.89. The van der Waals surface area contributed by atoms with Crippen LogP contribution in [-0.4, -0.2) is 31.7 Å². The molecule has 9 nitrogen and oxygen atoms in total. The highest BCUT2D eigenvalue weighted by Gasteiger charge is 2.29. The van der Waals surface area contributed by atoms with Gasteiger partial charge in [0.1, 0.15) is 0 Å². The van der Waals surface area contributed by atoms with Crippen LogP contribution in [-0.2, 0) is 34.4 Å². The number of nitrogens with one attached hydrogen (secondary N) is 1. The summed E-state index contributed by atoms with van der Waals surface area (Å²) >= 11 is 0. The molecule has 1 unspecified atom stereocenters. The summed E-state index contributed by atoms with van der Waals surface area (Å²) in [4.78, 5) is 26.1. The number of carbonyl (C=O) groups is 2.